The summed E-state index contributed by atoms with van der Waals surface area (Å²) in [5.41, 5.74) is 2.66. The number of imidazole rings is 1. The van der Waals surface area contributed by atoms with Gasteiger partial charge >= 0.3 is 0 Å². The number of carbonyl (C=O) groups excluding carboxylic acids is 1. The lowest BCUT2D eigenvalue weighted by atomic mass is 10.1. The number of benzene rings is 1. The van der Waals surface area contributed by atoms with Crippen LogP contribution in [0, 0.1) is 0 Å². The van der Waals surface area contributed by atoms with E-state index in [2.05, 4.69) is 10.3 Å². The van der Waals surface area contributed by atoms with Crippen molar-refractivity contribution in [3.63, 3.8) is 0 Å². The summed E-state index contributed by atoms with van der Waals surface area (Å²) in [5, 5.41) is 2.85. The molecule has 1 N–H and O–H groups in total. The number of rotatable bonds is 4. The van der Waals surface area contributed by atoms with E-state index < -0.39 is 0 Å². The maximum atomic E-state index is 11.8. The minimum atomic E-state index is -0.128. The fourth-order valence-corrected chi connectivity index (χ4v) is 1.77. The van der Waals surface area contributed by atoms with E-state index in [0.29, 0.717) is 18.1 Å². The molecule has 94 valence electrons. The molecule has 0 atom stereocenters. The van der Waals surface area contributed by atoms with E-state index >= 15 is 0 Å². The number of nitrogens with zero attached hydrogens (tertiary/aromatic N) is 2. The van der Waals surface area contributed by atoms with E-state index in [1.807, 2.05) is 24.3 Å². The fourth-order valence-electron chi connectivity index (χ4n) is 1.60. The summed E-state index contributed by atoms with van der Waals surface area (Å²) < 4.78 is 1.69. The van der Waals surface area contributed by atoms with Crippen molar-refractivity contribution in [2.75, 3.05) is 0 Å². The van der Waals surface area contributed by atoms with Crippen molar-refractivity contribution in [3.05, 3.63) is 53.6 Å². The van der Waals surface area contributed by atoms with Crippen molar-refractivity contribution >= 4 is 17.5 Å². The van der Waals surface area contributed by atoms with Gasteiger partial charge in [-0.2, -0.15) is 0 Å². The van der Waals surface area contributed by atoms with Gasteiger partial charge in [0.25, 0.3) is 5.91 Å². The Bertz CT molecular complexity index is 533. The van der Waals surface area contributed by atoms with Crippen LogP contribution in [-0.4, -0.2) is 15.5 Å². The summed E-state index contributed by atoms with van der Waals surface area (Å²) >= 11 is 5.71. The number of carbonyl (C=O) groups is 1. The number of nitrogens with one attached hydrogen (secondary N) is 1. The van der Waals surface area contributed by atoms with E-state index in [1.54, 1.807) is 24.1 Å². The Labute approximate surface area is 111 Å². The smallest absolute Gasteiger partial charge is 0.269 e. The number of aryl methyl sites for hydroxylation is 1. The average molecular weight is 264 g/mol. The van der Waals surface area contributed by atoms with Gasteiger partial charge in [-0.1, -0.05) is 24.3 Å². The lowest BCUT2D eigenvalue weighted by Crippen LogP contribution is -2.24. The quantitative estimate of drug-likeness (QED) is 0.859. The van der Waals surface area contributed by atoms with Crippen molar-refractivity contribution in [2.45, 2.75) is 12.4 Å². The average Bonchev–Trinajstić information content (AvgIpc) is 2.83. The number of halogens is 1. The normalized spacial score (nSPS) is 10.3. The Balaban J connectivity index is 1.95. The fraction of sp³-hybridized carbons (Fsp3) is 0.231. The minimum Gasteiger partial charge on any atom is -0.347 e. The van der Waals surface area contributed by atoms with Crippen molar-refractivity contribution in [3.8, 4) is 0 Å². The first-order chi connectivity index (χ1) is 8.70. The second-order valence-corrected chi connectivity index (χ2v) is 4.29. The molecule has 0 spiro atoms. The summed E-state index contributed by atoms with van der Waals surface area (Å²) in [4.78, 5) is 15.7. The van der Waals surface area contributed by atoms with Crippen molar-refractivity contribution < 1.29 is 4.79 Å². The van der Waals surface area contributed by atoms with Gasteiger partial charge in [-0.25, -0.2) is 4.98 Å². The highest BCUT2D eigenvalue weighted by molar-refractivity contribution is 6.17. The SMILES string of the molecule is Cn1cncc1C(=O)NCc1ccc(CCl)cc1. The molecule has 2 aromatic rings. The molecule has 1 aromatic carbocycles. The molecule has 0 aliphatic heterocycles. The van der Waals surface area contributed by atoms with Gasteiger partial charge in [0.1, 0.15) is 5.69 Å². The van der Waals surface area contributed by atoms with E-state index in [1.165, 1.54) is 0 Å². The van der Waals surface area contributed by atoms with Crippen molar-refractivity contribution in [1.82, 2.24) is 14.9 Å². The highest BCUT2D eigenvalue weighted by Gasteiger charge is 2.08. The number of alkyl halides is 1. The van der Waals surface area contributed by atoms with Crippen LogP contribution in [0.4, 0.5) is 0 Å². The molecule has 5 heteroatoms. The lowest BCUT2D eigenvalue weighted by molar-refractivity contribution is 0.0943. The number of amides is 1. The molecule has 1 aromatic heterocycles. The van der Waals surface area contributed by atoms with Crippen LogP contribution in [0.5, 0.6) is 0 Å². The monoisotopic (exact) mass is 263 g/mol. The first-order valence-corrected chi connectivity index (χ1v) is 6.12. The highest BCUT2D eigenvalue weighted by atomic mass is 35.5. The Morgan fingerprint density at radius 3 is 2.56 bits per heavy atom. The van der Waals surface area contributed by atoms with Gasteiger partial charge in [-0.3, -0.25) is 4.79 Å². The van der Waals surface area contributed by atoms with Gasteiger partial charge in [0.05, 0.1) is 12.5 Å². The number of hydrogen-bond acceptors (Lipinski definition) is 2. The minimum absolute atomic E-state index is 0.128. The second-order valence-electron chi connectivity index (χ2n) is 4.02. The van der Waals surface area contributed by atoms with Gasteiger partial charge in [0.15, 0.2) is 0 Å². The van der Waals surface area contributed by atoms with E-state index in [0.717, 1.165) is 11.1 Å². The van der Waals surface area contributed by atoms with Gasteiger partial charge in [-0.05, 0) is 11.1 Å². The van der Waals surface area contributed by atoms with Crippen LogP contribution in [0.25, 0.3) is 0 Å². The molecular weight excluding hydrogens is 250 g/mol. The first-order valence-electron chi connectivity index (χ1n) is 5.59. The molecule has 0 saturated carbocycles. The second kappa shape index (κ2) is 5.69. The summed E-state index contributed by atoms with van der Waals surface area (Å²) in [7, 11) is 1.79. The van der Waals surface area contributed by atoms with E-state index in [-0.39, 0.29) is 5.91 Å². The zero-order chi connectivity index (χ0) is 13.0. The maximum Gasteiger partial charge on any atom is 0.269 e. The van der Waals surface area contributed by atoms with Crippen LogP contribution in [0.3, 0.4) is 0 Å². The van der Waals surface area contributed by atoms with E-state index in [4.69, 9.17) is 11.6 Å². The standard InChI is InChI=1S/C13H14ClN3O/c1-17-9-15-8-12(17)13(18)16-7-11-4-2-10(6-14)3-5-11/h2-5,8-9H,6-7H2,1H3,(H,16,18). The molecule has 0 fully saturated rings. The van der Waals surface area contributed by atoms with Crippen LogP contribution >= 0.6 is 11.6 Å². The van der Waals surface area contributed by atoms with E-state index in [9.17, 15) is 4.79 Å². The maximum absolute atomic E-state index is 11.8. The van der Waals surface area contributed by atoms with Crippen molar-refractivity contribution in [2.24, 2.45) is 7.05 Å². The molecule has 0 aliphatic carbocycles. The van der Waals surface area contributed by atoms with Crippen LogP contribution in [0.15, 0.2) is 36.8 Å². The molecule has 2 rings (SSSR count). The van der Waals surface area contributed by atoms with Gasteiger partial charge in [0.2, 0.25) is 0 Å². The molecule has 18 heavy (non-hydrogen) atoms. The third-order valence-corrected chi connectivity index (χ3v) is 2.99. The molecule has 0 saturated heterocycles. The molecule has 0 bridgehead atoms. The Hall–Kier alpha value is -1.81. The molecule has 0 unspecified atom stereocenters. The first kappa shape index (κ1) is 12.6. The Kier molecular flexibility index (Phi) is 3.99. The highest BCUT2D eigenvalue weighted by Crippen LogP contribution is 2.07. The number of hydrogen-bond donors (Lipinski definition) is 1. The van der Waals surface area contributed by atoms with Gasteiger partial charge in [-0.15, -0.1) is 11.6 Å². The molecule has 0 aliphatic rings. The van der Waals surface area contributed by atoms with Crippen LogP contribution in [0.1, 0.15) is 21.6 Å². The van der Waals surface area contributed by atoms with Gasteiger partial charge < -0.3 is 9.88 Å². The Morgan fingerprint density at radius 1 is 1.33 bits per heavy atom. The third kappa shape index (κ3) is 2.90. The zero-order valence-electron chi connectivity index (χ0n) is 10.1. The molecule has 4 nitrogen and oxygen atoms in total. The molecule has 1 heterocycles. The summed E-state index contributed by atoms with van der Waals surface area (Å²) in [6, 6.07) is 7.83. The third-order valence-electron chi connectivity index (χ3n) is 2.68. The lowest BCUT2D eigenvalue weighted by Gasteiger charge is -2.06. The molecule has 0 radical (unpaired) electrons. The predicted molar refractivity (Wildman–Crippen MR) is 70.4 cm³/mol. The van der Waals surface area contributed by atoms with Crippen LogP contribution < -0.4 is 5.32 Å². The largest absolute Gasteiger partial charge is 0.347 e. The molecule has 1 amide bonds. The van der Waals surface area contributed by atoms with Crippen LogP contribution in [-0.2, 0) is 19.5 Å². The molecular formula is C13H14ClN3O. The zero-order valence-corrected chi connectivity index (χ0v) is 10.8. The number of aromatic nitrogens is 2. The topological polar surface area (TPSA) is 46.9 Å². The van der Waals surface area contributed by atoms with Gasteiger partial charge in [0, 0.05) is 19.5 Å². The summed E-state index contributed by atoms with van der Waals surface area (Å²) in [5.74, 6) is 0.373. The Morgan fingerprint density at radius 2 is 2.00 bits per heavy atom. The summed E-state index contributed by atoms with van der Waals surface area (Å²) in [6.45, 7) is 0.493. The summed E-state index contributed by atoms with van der Waals surface area (Å²) in [6.07, 6.45) is 3.15. The van der Waals surface area contributed by atoms with Crippen LogP contribution in [0.2, 0.25) is 0 Å². The predicted octanol–water partition coefficient (Wildman–Crippen LogP) is 2.09. The van der Waals surface area contributed by atoms with Crippen molar-refractivity contribution in [1.29, 1.82) is 0 Å².